The minimum Gasteiger partial charge on any atom is -0.480 e. The molecule has 2 saturated heterocycles. The number of anilines is 1. The molecule has 3 fully saturated rings. The van der Waals surface area contributed by atoms with Gasteiger partial charge < -0.3 is 34.5 Å². The molecule has 3 aliphatic rings. The van der Waals surface area contributed by atoms with Crippen LogP contribution in [0.15, 0.2) is 35.8 Å². The number of carbonyl (C=O) groups is 3. The lowest BCUT2D eigenvalue weighted by molar-refractivity contribution is -0.148. The highest BCUT2D eigenvalue weighted by molar-refractivity contribution is 7.84. The maximum absolute atomic E-state index is 15.0. The van der Waals surface area contributed by atoms with Crippen LogP contribution in [0, 0.1) is 5.41 Å². The summed E-state index contributed by atoms with van der Waals surface area (Å²) in [6.45, 7) is 17.4. The number of aliphatic hydroxyl groups excluding tert-OH is 1. The molecule has 0 bridgehead atoms. The number of methoxy groups -OCH3 is 1. The number of alkyl carbamates (subject to hydrolysis) is 1. The number of amides is 2. The summed E-state index contributed by atoms with van der Waals surface area (Å²) in [5.74, 6) is -1.89. The van der Waals surface area contributed by atoms with Gasteiger partial charge in [0.2, 0.25) is 0 Å². The van der Waals surface area contributed by atoms with E-state index < -0.39 is 81.7 Å². The smallest absolute Gasteiger partial charge is 0.408 e. The van der Waals surface area contributed by atoms with Crippen LogP contribution < -0.4 is 20.4 Å². The maximum Gasteiger partial charge on any atom is 0.408 e. The number of piperazine rings is 1. The zero-order valence-corrected chi connectivity index (χ0v) is 44.4. The quantitative estimate of drug-likeness (QED) is 0.0696. The SMILES string of the molecule is CO[C@@H](C)c1ncc(N2CCN(C3CC3)CC2)cc1-c1c(CC(C)(C)CO)c2cc(-c3csc([C@@H](N[S@@](=O)C(C)(C)C)[C@H](NC(=O)OC(C)(C)C)C(=O)N4CCC[C@@H](C(=O)O)N4)n3)ccc2n1CC(F)(F)F. The number of rotatable bonds is 17. The second-order valence-electron chi connectivity index (χ2n) is 21.8. The molecule has 22 heteroatoms. The summed E-state index contributed by atoms with van der Waals surface area (Å²) in [4.78, 5) is 54.8. The van der Waals surface area contributed by atoms with Crippen molar-refractivity contribution in [3.8, 4) is 22.5 Å². The van der Waals surface area contributed by atoms with E-state index in [1.54, 1.807) is 71.3 Å². The Morgan fingerprint density at radius 3 is 2.29 bits per heavy atom. The van der Waals surface area contributed by atoms with Crippen molar-refractivity contribution in [2.24, 2.45) is 5.41 Å². The highest BCUT2D eigenvalue weighted by atomic mass is 32.2. The molecule has 1 aromatic carbocycles. The number of hydrogen-bond acceptors (Lipinski definition) is 13. The first-order valence-corrected chi connectivity index (χ1v) is 26.5. The van der Waals surface area contributed by atoms with Gasteiger partial charge in [-0.05, 0) is 110 Å². The van der Waals surface area contributed by atoms with Gasteiger partial charge in [0.1, 0.15) is 35.3 Å². The Kier molecular flexibility index (Phi) is 16.5. The first kappa shape index (κ1) is 55.0. The second-order valence-corrected chi connectivity index (χ2v) is 24.7. The Balaban J connectivity index is 1.38. The van der Waals surface area contributed by atoms with Crippen LogP contribution in [-0.4, -0.2) is 138 Å². The van der Waals surface area contributed by atoms with E-state index in [2.05, 4.69) is 25.3 Å². The van der Waals surface area contributed by atoms with Crippen molar-refractivity contribution >= 4 is 56.9 Å². The van der Waals surface area contributed by atoms with E-state index >= 15 is 0 Å². The Hall–Kier alpha value is -4.71. The maximum atomic E-state index is 15.0. The van der Waals surface area contributed by atoms with Gasteiger partial charge in [-0.3, -0.25) is 24.5 Å². The average Bonchev–Trinajstić information content (AvgIpc) is 3.98. The number of carboxylic acid groups (broad SMARTS) is 1. The normalized spacial score (nSPS) is 19.3. The van der Waals surface area contributed by atoms with Gasteiger partial charge in [0.05, 0.1) is 50.8 Å². The summed E-state index contributed by atoms with van der Waals surface area (Å²) in [6.07, 6.45) is -1.26. The molecule has 4 aromatic rings. The molecule has 0 radical (unpaired) electrons. The molecule has 396 valence electrons. The highest BCUT2D eigenvalue weighted by Crippen LogP contribution is 2.44. The number of pyridine rings is 1. The molecule has 5 atom stereocenters. The van der Waals surface area contributed by atoms with Crippen LogP contribution in [0.4, 0.5) is 23.7 Å². The molecule has 5 heterocycles. The third-order valence-electron chi connectivity index (χ3n) is 13.1. The molecule has 3 aromatic heterocycles. The monoisotopic (exact) mass is 1050 g/mol. The van der Waals surface area contributed by atoms with Gasteiger partial charge >= 0.3 is 18.2 Å². The third-order valence-corrected chi connectivity index (χ3v) is 15.6. The lowest BCUT2D eigenvalue weighted by Gasteiger charge is -2.37. The molecular weight excluding hydrogens is 976 g/mol. The summed E-state index contributed by atoms with van der Waals surface area (Å²) in [5, 5.41) is 26.8. The number of hydrazine groups is 1. The van der Waals surface area contributed by atoms with Crippen LogP contribution in [0.2, 0.25) is 0 Å². The van der Waals surface area contributed by atoms with E-state index in [1.807, 2.05) is 26.8 Å². The van der Waals surface area contributed by atoms with Gasteiger partial charge in [-0.15, -0.1) is 11.3 Å². The third kappa shape index (κ3) is 13.1. The number of halogens is 3. The topological polar surface area (TPSA) is 204 Å². The number of aliphatic carboxylic acids is 1. The minimum atomic E-state index is -4.64. The first-order valence-electron chi connectivity index (χ1n) is 24.5. The van der Waals surface area contributed by atoms with Gasteiger partial charge in [-0.25, -0.2) is 24.1 Å². The molecule has 5 N–H and O–H groups in total. The van der Waals surface area contributed by atoms with E-state index in [0.29, 0.717) is 57.1 Å². The lowest BCUT2D eigenvalue weighted by Crippen LogP contribution is -2.62. The number of aliphatic hydroxyl groups is 1. The van der Waals surface area contributed by atoms with Gasteiger partial charge in [0, 0.05) is 79.9 Å². The summed E-state index contributed by atoms with van der Waals surface area (Å²) in [6, 6.07) is 3.74. The Morgan fingerprint density at radius 2 is 1.69 bits per heavy atom. The lowest BCUT2D eigenvalue weighted by atomic mass is 9.84. The molecular formula is C50H70F3N9O8S2. The van der Waals surface area contributed by atoms with E-state index in [4.69, 9.17) is 19.4 Å². The second kappa shape index (κ2) is 21.6. The number of nitrogens with one attached hydrogen (secondary N) is 3. The Bertz CT molecular complexity index is 2630. The average molecular weight is 1050 g/mol. The molecule has 0 spiro atoms. The van der Waals surface area contributed by atoms with Crippen LogP contribution in [0.5, 0.6) is 0 Å². The molecule has 7 rings (SSSR count). The molecule has 2 aliphatic heterocycles. The van der Waals surface area contributed by atoms with Gasteiger partial charge in [-0.2, -0.15) is 13.2 Å². The molecule has 1 aliphatic carbocycles. The molecule has 0 unspecified atom stereocenters. The van der Waals surface area contributed by atoms with Gasteiger partial charge in [0.15, 0.2) is 0 Å². The summed E-state index contributed by atoms with van der Waals surface area (Å²) in [5.41, 5.74) is 4.78. The number of benzene rings is 1. The van der Waals surface area contributed by atoms with Crippen molar-refractivity contribution in [2.75, 3.05) is 51.3 Å². The van der Waals surface area contributed by atoms with E-state index in [0.717, 1.165) is 48.2 Å². The number of nitrogens with zero attached hydrogens (tertiary/aromatic N) is 6. The summed E-state index contributed by atoms with van der Waals surface area (Å²) in [7, 11) is -0.328. The number of carboxylic acids is 1. The van der Waals surface area contributed by atoms with Gasteiger partial charge in [0.25, 0.3) is 5.91 Å². The standard InChI is InChI=1S/C50H70F3N9O8S2/c1-29(69-10)39-34(23-32(25-54-39)60-20-18-59(19-21-60)31-14-15-31)42-35(24-49(8,9)28-63)33-22-30(13-16-38(33)61(42)27-50(51,52)53)37-26-71-43(55-37)40(58-72(68)48(5,6)7)41(56-46(67)70-47(2,3)4)44(64)62-17-11-12-36(57-62)45(65)66/h13,16,22-23,25-26,29,31,36,40-41,57-58,63H,11-12,14-15,17-21,24,27-28H2,1-10H3,(H,56,67)(H,65,66)/t29-,36-,40-,41-,72-/m0/s1. The number of aromatic nitrogens is 3. The zero-order valence-electron chi connectivity index (χ0n) is 42.8. The molecule has 1 saturated carbocycles. The number of fused-ring (bicyclic) bond motifs is 1. The van der Waals surface area contributed by atoms with Gasteiger partial charge in [-0.1, -0.05) is 19.9 Å². The number of thiazole rings is 1. The van der Waals surface area contributed by atoms with E-state index in [9.17, 15) is 42.0 Å². The van der Waals surface area contributed by atoms with Crippen molar-refractivity contribution < 1.29 is 51.5 Å². The van der Waals surface area contributed by atoms with Crippen LogP contribution >= 0.6 is 11.3 Å². The van der Waals surface area contributed by atoms with Crippen LogP contribution in [-0.2, 0) is 43.0 Å². The first-order chi connectivity index (χ1) is 33.7. The van der Waals surface area contributed by atoms with Crippen molar-refractivity contribution in [3.05, 3.63) is 52.1 Å². The predicted molar refractivity (Wildman–Crippen MR) is 272 cm³/mol. The van der Waals surface area contributed by atoms with Crippen LogP contribution in [0.25, 0.3) is 33.4 Å². The van der Waals surface area contributed by atoms with E-state index in [-0.39, 0.29) is 31.0 Å². The molecule has 2 amide bonds. The molecule has 17 nitrogen and oxygen atoms in total. The fourth-order valence-electron chi connectivity index (χ4n) is 9.13. The van der Waals surface area contributed by atoms with Crippen molar-refractivity contribution in [1.82, 2.24) is 39.9 Å². The van der Waals surface area contributed by atoms with Crippen LogP contribution in [0.3, 0.4) is 0 Å². The largest absolute Gasteiger partial charge is 0.480 e. The minimum absolute atomic E-state index is 0.113. The molecule has 72 heavy (non-hydrogen) atoms. The van der Waals surface area contributed by atoms with E-state index in [1.165, 1.54) is 24.5 Å². The van der Waals surface area contributed by atoms with Crippen LogP contribution in [0.1, 0.15) is 116 Å². The summed E-state index contributed by atoms with van der Waals surface area (Å²) < 4.78 is 73.8. The van der Waals surface area contributed by atoms with Crippen molar-refractivity contribution in [2.45, 2.75) is 148 Å². The predicted octanol–water partition coefficient (Wildman–Crippen LogP) is 7.51. The fraction of sp³-hybridized carbons (Fsp3) is 0.620. The Labute approximate surface area is 425 Å². The summed E-state index contributed by atoms with van der Waals surface area (Å²) >= 11 is 1.10. The number of hydrogen-bond donors (Lipinski definition) is 5. The number of carbonyl (C=O) groups excluding carboxylic acids is 2. The van der Waals surface area contributed by atoms with Crippen molar-refractivity contribution in [3.63, 3.8) is 0 Å². The number of ether oxygens (including phenoxy) is 2. The highest BCUT2D eigenvalue weighted by Gasteiger charge is 2.42. The fourth-order valence-corrected chi connectivity index (χ4v) is 10.9. The Morgan fingerprint density at radius 1 is 1.00 bits per heavy atom. The number of alkyl halides is 3. The van der Waals surface area contributed by atoms with Crippen molar-refractivity contribution in [1.29, 1.82) is 0 Å². The zero-order chi connectivity index (χ0) is 52.7.